The van der Waals surface area contributed by atoms with Crippen LogP contribution in [0.1, 0.15) is 64.2 Å². The highest BCUT2D eigenvalue weighted by Crippen LogP contribution is 2.32. The first-order chi connectivity index (χ1) is 7.21. The van der Waals surface area contributed by atoms with Gasteiger partial charge in [-0.2, -0.15) is 0 Å². The average molecular weight is 230 g/mol. The standard InChI is InChI=1S/C12H22O2S/c13-15(14,11-7-3-1-4-8-11)12-9-5-2-6-10-12/h11-12H,1-10H2. The number of sulfone groups is 1. The Hall–Kier alpha value is -0.0500. The molecule has 0 radical (unpaired) electrons. The molecule has 2 nitrogen and oxygen atoms in total. The van der Waals surface area contributed by atoms with Crippen molar-refractivity contribution in [1.82, 2.24) is 0 Å². The summed E-state index contributed by atoms with van der Waals surface area (Å²) in [4.78, 5) is 0. The van der Waals surface area contributed by atoms with Crippen LogP contribution >= 0.6 is 0 Å². The van der Waals surface area contributed by atoms with E-state index in [1.165, 1.54) is 12.8 Å². The zero-order valence-electron chi connectivity index (χ0n) is 9.45. The molecule has 0 aliphatic heterocycles. The summed E-state index contributed by atoms with van der Waals surface area (Å²) >= 11 is 0. The fraction of sp³-hybridized carbons (Fsp3) is 1.00. The van der Waals surface area contributed by atoms with Crippen LogP contribution in [0.2, 0.25) is 0 Å². The summed E-state index contributed by atoms with van der Waals surface area (Å²) in [6.45, 7) is 0. The van der Waals surface area contributed by atoms with Crippen molar-refractivity contribution in [3.05, 3.63) is 0 Å². The normalized spacial score (nSPS) is 26.7. The molecule has 15 heavy (non-hydrogen) atoms. The van der Waals surface area contributed by atoms with Crippen LogP contribution in [-0.4, -0.2) is 18.9 Å². The van der Waals surface area contributed by atoms with Crippen LogP contribution < -0.4 is 0 Å². The predicted molar refractivity (Wildman–Crippen MR) is 62.7 cm³/mol. The SMILES string of the molecule is O=S(=O)(C1CCCCC1)C1CCCCC1. The van der Waals surface area contributed by atoms with Crippen LogP contribution in [0, 0.1) is 0 Å². The second-order valence-electron chi connectivity index (χ2n) is 5.11. The lowest BCUT2D eigenvalue weighted by molar-refractivity contribution is 0.449. The minimum atomic E-state index is -2.79. The van der Waals surface area contributed by atoms with Crippen LogP contribution in [-0.2, 0) is 9.84 Å². The van der Waals surface area contributed by atoms with Gasteiger partial charge in [-0.25, -0.2) is 8.42 Å². The fourth-order valence-electron chi connectivity index (χ4n) is 3.06. The first kappa shape index (κ1) is 11.4. The maximum Gasteiger partial charge on any atom is 0.156 e. The zero-order chi connectivity index (χ0) is 10.7. The van der Waals surface area contributed by atoms with Gasteiger partial charge in [0.05, 0.1) is 10.5 Å². The second kappa shape index (κ2) is 4.86. The molecule has 0 N–H and O–H groups in total. The highest BCUT2D eigenvalue weighted by molar-refractivity contribution is 7.92. The van der Waals surface area contributed by atoms with Crippen molar-refractivity contribution in [3.8, 4) is 0 Å². The largest absolute Gasteiger partial charge is 0.228 e. The van der Waals surface area contributed by atoms with E-state index in [0.717, 1.165) is 51.4 Å². The van der Waals surface area contributed by atoms with Crippen molar-refractivity contribution in [2.75, 3.05) is 0 Å². The molecule has 0 saturated heterocycles. The maximum absolute atomic E-state index is 12.3. The van der Waals surface area contributed by atoms with Crippen LogP contribution in [0.15, 0.2) is 0 Å². The van der Waals surface area contributed by atoms with Crippen molar-refractivity contribution < 1.29 is 8.42 Å². The van der Waals surface area contributed by atoms with E-state index in [4.69, 9.17) is 0 Å². The van der Waals surface area contributed by atoms with Gasteiger partial charge < -0.3 is 0 Å². The topological polar surface area (TPSA) is 34.1 Å². The lowest BCUT2D eigenvalue weighted by Gasteiger charge is -2.29. The van der Waals surface area contributed by atoms with Crippen molar-refractivity contribution in [2.24, 2.45) is 0 Å². The van der Waals surface area contributed by atoms with Crippen LogP contribution in [0.5, 0.6) is 0 Å². The first-order valence-electron chi connectivity index (χ1n) is 6.44. The molecule has 0 atom stereocenters. The Morgan fingerprint density at radius 2 is 0.933 bits per heavy atom. The molecule has 0 amide bonds. The fourth-order valence-corrected chi connectivity index (χ4v) is 5.58. The Morgan fingerprint density at radius 1 is 0.600 bits per heavy atom. The molecule has 0 aromatic carbocycles. The third-order valence-electron chi connectivity index (χ3n) is 4.03. The van der Waals surface area contributed by atoms with Gasteiger partial charge in [0.2, 0.25) is 0 Å². The molecule has 0 aromatic heterocycles. The maximum atomic E-state index is 12.3. The second-order valence-corrected chi connectivity index (χ2v) is 7.62. The van der Waals surface area contributed by atoms with E-state index in [9.17, 15) is 8.42 Å². The molecule has 0 aromatic rings. The van der Waals surface area contributed by atoms with Crippen molar-refractivity contribution in [2.45, 2.75) is 74.7 Å². The monoisotopic (exact) mass is 230 g/mol. The minimum Gasteiger partial charge on any atom is -0.228 e. The lowest BCUT2D eigenvalue weighted by atomic mass is 10.00. The van der Waals surface area contributed by atoms with Crippen LogP contribution in [0.4, 0.5) is 0 Å². The zero-order valence-corrected chi connectivity index (χ0v) is 10.3. The van der Waals surface area contributed by atoms with Gasteiger partial charge in [0.15, 0.2) is 9.84 Å². The van der Waals surface area contributed by atoms with Gasteiger partial charge in [-0.3, -0.25) is 0 Å². The van der Waals surface area contributed by atoms with Gasteiger partial charge in [-0.05, 0) is 25.7 Å². The summed E-state index contributed by atoms with van der Waals surface area (Å²) < 4.78 is 24.7. The Morgan fingerprint density at radius 3 is 1.27 bits per heavy atom. The summed E-state index contributed by atoms with van der Waals surface area (Å²) in [6, 6.07) is 0. The summed E-state index contributed by atoms with van der Waals surface area (Å²) in [5.41, 5.74) is 0. The molecule has 2 aliphatic rings. The smallest absolute Gasteiger partial charge is 0.156 e. The third-order valence-corrected chi connectivity index (χ3v) is 6.83. The molecule has 0 spiro atoms. The van der Waals surface area contributed by atoms with Gasteiger partial charge >= 0.3 is 0 Å². The van der Waals surface area contributed by atoms with E-state index in [-0.39, 0.29) is 10.5 Å². The highest BCUT2D eigenvalue weighted by Gasteiger charge is 2.34. The molecule has 0 unspecified atom stereocenters. The Kier molecular flexibility index (Phi) is 3.70. The predicted octanol–water partition coefficient (Wildman–Crippen LogP) is 3.07. The Bertz CT molecular complexity index is 259. The molecular weight excluding hydrogens is 208 g/mol. The quantitative estimate of drug-likeness (QED) is 0.730. The van der Waals surface area contributed by atoms with Crippen molar-refractivity contribution >= 4 is 9.84 Å². The van der Waals surface area contributed by atoms with Crippen molar-refractivity contribution in [1.29, 1.82) is 0 Å². The summed E-state index contributed by atoms with van der Waals surface area (Å²) in [7, 11) is -2.79. The van der Waals surface area contributed by atoms with Gasteiger partial charge in [-0.1, -0.05) is 38.5 Å². The number of hydrogen-bond donors (Lipinski definition) is 0. The summed E-state index contributed by atoms with van der Waals surface area (Å²) in [5, 5.41) is 0.0173. The summed E-state index contributed by atoms with van der Waals surface area (Å²) in [6.07, 6.45) is 10.7. The Balaban J connectivity index is 2.03. The van der Waals surface area contributed by atoms with Gasteiger partial charge in [0.25, 0.3) is 0 Å². The van der Waals surface area contributed by atoms with Crippen LogP contribution in [0.25, 0.3) is 0 Å². The van der Waals surface area contributed by atoms with Gasteiger partial charge in [-0.15, -0.1) is 0 Å². The summed E-state index contributed by atoms with van der Waals surface area (Å²) in [5.74, 6) is 0. The highest BCUT2D eigenvalue weighted by atomic mass is 32.2. The first-order valence-corrected chi connectivity index (χ1v) is 8.05. The Labute approximate surface area is 93.4 Å². The van der Waals surface area contributed by atoms with Gasteiger partial charge in [0.1, 0.15) is 0 Å². The lowest BCUT2D eigenvalue weighted by Crippen LogP contribution is -2.34. The number of rotatable bonds is 2. The third kappa shape index (κ3) is 2.55. The molecule has 2 saturated carbocycles. The van der Waals surface area contributed by atoms with E-state index in [0.29, 0.717) is 0 Å². The van der Waals surface area contributed by atoms with Gasteiger partial charge in [0, 0.05) is 0 Å². The molecule has 2 fully saturated rings. The molecule has 2 rings (SSSR count). The van der Waals surface area contributed by atoms with Crippen LogP contribution in [0.3, 0.4) is 0 Å². The molecule has 88 valence electrons. The molecular formula is C12H22O2S. The van der Waals surface area contributed by atoms with E-state index >= 15 is 0 Å². The van der Waals surface area contributed by atoms with E-state index in [2.05, 4.69) is 0 Å². The van der Waals surface area contributed by atoms with Crippen molar-refractivity contribution in [3.63, 3.8) is 0 Å². The average Bonchev–Trinajstić information content (AvgIpc) is 2.31. The molecule has 0 heterocycles. The molecule has 2 aliphatic carbocycles. The minimum absolute atomic E-state index is 0.00866. The molecule has 3 heteroatoms. The molecule has 0 bridgehead atoms. The van der Waals surface area contributed by atoms with E-state index < -0.39 is 9.84 Å². The number of hydrogen-bond acceptors (Lipinski definition) is 2. The van der Waals surface area contributed by atoms with E-state index in [1.54, 1.807) is 0 Å². The van der Waals surface area contributed by atoms with E-state index in [1.807, 2.05) is 0 Å².